The number of piperidine rings is 1. The Hall–Kier alpha value is -1.20. The average Bonchev–Trinajstić information content (AvgIpc) is 2.54. The fourth-order valence-electron chi connectivity index (χ4n) is 3.57. The fourth-order valence-corrected chi connectivity index (χ4v) is 3.67. The Morgan fingerprint density at radius 3 is 2.82 bits per heavy atom. The van der Waals surface area contributed by atoms with Crippen LogP contribution in [0, 0.1) is 5.41 Å². The van der Waals surface area contributed by atoms with Gasteiger partial charge in [0.2, 0.25) is 5.91 Å². The fraction of sp³-hybridized carbons (Fsp3) is 0.688. The van der Waals surface area contributed by atoms with Crippen molar-refractivity contribution >= 4 is 17.5 Å². The maximum absolute atomic E-state index is 12.6. The summed E-state index contributed by atoms with van der Waals surface area (Å²) in [6.45, 7) is 7.77. The van der Waals surface area contributed by atoms with Crippen LogP contribution >= 0.6 is 11.6 Å². The number of nitrogens with zero attached hydrogens (tertiary/aromatic N) is 4. The quantitative estimate of drug-likeness (QED) is 0.798. The molecule has 0 N–H and O–H groups in total. The monoisotopic (exact) mass is 322 g/mol. The highest BCUT2D eigenvalue weighted by molar-refractivity contribution is 6.29. The van der Waals surface area contributed by atoms with Crippen LogP contribution in [0.3, 0.4) is 0 Å². The van der Waals surface area contributed by atoms with E-state index >= 15 is 0 Å². The molecule has 2 aliphatic heterocycles. The van der Waals surface area contributed by atoms with Gasteiger partial charge >= 0.3 is 0 Å². The molecule has 0 aromatic carbocycles. The summed E-state index contributed by atoms with van der Waals surface area (Å²) in [5.74, 6) is 0.341. The van der Waals surface area contributed by atoms with Crippen molar-refractivity contribution in [1.29, 1.82) is 0 Å². The van der Waals surface area contributed by atoms with E-state index in [0.29, 0.717) is 17.1 Å². The molecule has 2 atom stereocenters. The van der Waals surface area contributed by atoms with Crippen LogP contribution in [0.4, 0.5) is 0 Å². The number of aromatic nitrogens is 2. The van der Waals surface area contributed by atoms with Crippen molar-refractivity contribution in [2.45, 2.75) is 45.7 Å². The molecule has 0 radical (unpaired) electrons. The number of β-lactam (4-membered cyclic amide) rings is 1. The minimum atomic E-state index is -0.151. The van der Waals surface area contributed by atoms with E-state index in [9.17, 15) is 4.79 Å². The maximum atomic E-state index is 12.6. The van der Waals surface area contributed by atoms with Crippen LogP contribution in [0.25, 0.3) is 0 Å². The van der Waals surface area contributed by atoms with Gasteiger partial charge in [-0.15, -0.1) is 0 Å². The lowest BCUT2D eigenvalue weighted by Crippen LogP contribution is -2.68. The molecule has 5 nitrogen and oxygen atoms in total. The minimum Gasteiger partial charge on any atom is -0.338 e. The number of likely N-dealkylation sites (tertiary alicyclic amines) is 2. The van der Waals surface area contributed by atoms with Gasteiger partial charge in [0, 0.05) is 25.7 Å². The van der Waals surface area contributed by atoms with Gasteiger partial charge in [-0.1, -0.05) is 18.5 Å². The first-order chi connectivity index (χ1) is 10.5. The SMILES string of the molecule is CC[C@@H](C)N1C[C@]2(CCCN(Cc3cnc(Cl)cn3)C2)C1=O. The number of hydrogen-bond donors (Lipinski definition) is 0. The average molecular weight is 323 g/mol. The van der Waals surface area contributed by atoms with Gasteiger partial charge in [-0.3, -0.25) is 14.7 Å². The summed E-state index contributed by atoms with van der Waals surface area (Å²) >= 11 is 5.77. The Labute approximate surface area is 136 Å². The van der Waals surface area contributed by atoms with E-state index in [1.54, 1.807) is 12.4 Å². The van der Waals surface area contributed by atoms with Crippen molar-refractivity contribution in [3.63, 3.8) is 0 Å². The third-order valence-corrected chi connectivity index (χ3v) is 5.22. The van der Waals surface area contributed by atoms with Crippen molar-refractivity contribution < 1.29 is 4.79 Å². The van der Waals surface area contributed by atoms with Crippen molar-refractivity contribution in [1.82, 2.24) is 19.8 Å². The summed E-state index contributed by atoms with van der Waals surface area (Å²) in [5.41, 5.74) is 0.758. The van der Waals surface area contributed by atoms with E-state index in [2.05, 4.69) is 28.7 Å². The summed E-state index contributed by atoms with van der Waals surface area (Å²) < 4.78 is 0. The van der Waals surface area contributed by atoms with E-state index < -0.39 is 0 Å². The van der Waals surface area contributed by atoms with Gasteiger partial charge in [-0.05, 0) is 32.7 Å². The third-order valence-electron chi connectivity index (χ3n) is 5.03. The zero-order valence-corrected chi connectivity index (χ0v) is 14.0. The zero-order chi connectivity index (χ0) is 15.7. The molecule has 0 bridgehead atoms. The van der Waals surface area contributed by atoms with E-state index in [1.807, 2.05) is 4.90 Å². The topological polar surface area (TPSA) is 49.3 Å². The first-order valence-corrected chi connectivity index (χ1v) is 8.42. The molecule has 3 heterocycles. The summed E-state index contributed by atoms with van der Waals surface area (Å²) in [4.78, 5) is 25.4. The van der Waals surface area contributed by atoms with Gasteiger partial charge in [-0.2, -0.15) is 0 Å². The normalized spacial score (nSPS) is 27.0. The molecule has 2 saturated heterocycles. The smallest absolute Gasteiger partial charge is 0.232 e. The van der Waals surface area contributed by atoms with Crippen LogP contribution in [0.15, 0.2) is 12.4 Å². The van der Waals surface area contributed by atoms with Crippen LogP contribution in [0.1, 0.15) is 38.8 Å². The lowest BCUT2D eigenvalue weighted by Gasteiger charge is -2.55. The van der Waals surface area contributed by atoms with Gasteiger partial charge in [-0.25, -0.2) is 4.98 Å². The number of carbonyl (C=O) groups is 1. The lowest BCUT2D eigenvalue weighted by atomic mass is 9.71. The molecule has 3 rings (SSSR count). The Bertz CT molecular complexity index is 550. The van der Waals surface area contributed by atoms with Gasteiger partial charge in [0.15, 0.2) is 0 Å². The molecule has 1 aromatic rings. The second-order valence-corrected chi connectivity index (χ2v) is 7.00. The maximum Gasteiger partial charge on any atom is 0.232 e. The molecular weight excluding hydrogens is 300 g/mol. The first kappa shape index (κ1) is 15.7. The predicted molar refractivity (Wildman–Crippen MR) is 85.5 cm³/mol. The highest BCUT2D eigenvalue weighted by Crippen LogP contribution is 2.41. The molecule has 2 fully saturated rings. The Morgan fingerprint density at radius 2 is 2.18 bits per heavy atom. The summed E-state index contributed by atoms with van der Waals surface area (Å²) in [6.07, 6.45) is 6.40. The first-order valence-electron chi connectivity index (χ1n) is 8.04. The number of amides is 1. The second kappa shape index (κ2) is 6.13. The molecule has 1 aromatic heterocycles. The van der Waals surface area contributed by atoms with Crippen LogP contribution in [0.2, 0.25) is 5.15 Å². The lowest BCUT2D eigenvalue weighted by molar-refractivity contribution is -0.170. The van der Waals surface area contributed by atoms with Crippen molar-refractivity contribution in [3.8, 4) is 0 Å². The Kier molecular flexibility index (Phi) is 4.37. The van der Waals surface area contributed by atoms with Crippen molar-refractivity contribution in [2.24, 2.45) is 5.41 Å². The highest BCUT2D eigenvalue weighted by Gasteiger charge is 2.54. The molecule has 1 amide bonds. The number of rotatable bonds is 4. The molecular formula is C16H23ClN4O. The standard InChI is InChI=1S/C16H23ClN4O/c1-3-12(2)21-11-16(15(21)22)5-4-6-20(10-16)9-13-7-19-14(17)8-18-13/h7-8,12H,3-6,9-11H2,1-2H3/t12-,16-/m1/s1. The van der Waals surface area contributed by atoms with E-state index in [1.165, 1.54) is 0 Å². The molecule has 2 aliphatic rings. The van der Waals surface area contributed by atoms with Gasteiger partial charge in [0.25, 0.3) is 0 Å². The molecule has 6 heteroatoms. The van der Waals surface area contributed by atoms with Gasteiger partial charge in [0.05, 0.1) is 23.5 Å². The molecule has 120 valence electrons. The van der Waals surface area contributed by atoms with Crippen LogP contribution in [-0.4, -0.2) is 51.4 Å². The predicted octanol–water partition coefficient (Wildman–Crippen LogP) is 2.35. The molecule has 0 unspecified atom stereocenters. The summed E-state index contributed by atoms with van der Waals surface area (Å²) in [5, 5.41) is 0.414. The van der Waals surface area contributed by atoms with Gasteiger partial charge in [0.1, 0.15) is 5.15 Å². The van der Waals surface area contributed by atoms with Crippen LogP contribution < -0.4 is 0 Å². The second-order valence-electron chi connectivity index (χ2n) is 6.62. The van der Waals surface area contributed by atoms with Gasteiger partial charge < -0.3 is 4.90 Å². The Morgan fingerprint density at radius 1 is 1.36 bits per heavy atom. The highest BCUT2D eigenvalue weighted by atomic mass is 35.5. The van der Waals surface area contributed by atoms with Crippen molar-refractivity contribution in [3.05, 3.63) is 23.2 Å². The number of carbonyl (C=O) groups excluding carboxylic acids is 1. The summed E-state index contributed by atoms with van der Waals surface area (Å²) in [6, 6.07) is 0.357. The molecule has 0 saturated carbocycles. The van der Waals surface area contributed by atoms with Crippen LogP contribution in [-0.2, 0) is 11.3 Å². The van der Waals surface area contributed by atoms with E-state index in [-0.39, 0.29) is 5.41 Å². The Balaban J connectivity index is 1.63. The molecule has 1 spiro atoms. The zero-order valence-electron chi connectivity index (χ0n) is 13.3. The summed E-state index contributed by atoms with van der Waals surface area (Å²) in [7, 11) is 0. The largest absolute Gasteiger partial charge is 0.338 e. The molecule has 22 heavy (non-hydrogen) atoms. The van der Waals surface area contributed by atoms with Crippen molar-refractivity contribution in [2.75, 3.05) is 19.6 Å². The van der Waals surface area contributed by atoms with E-state index in [0.717, 1.165) is 51.1 Å². The minimum absolute atomic E-state index is 0.151. The van der Waals surface area contributed by atoms with E-state index in [4.69, 9.17) is 11.6 Å². The molecule has 0 aliphatic carbocycles. The number of halogens is 1. The van der Waals surface area contributed by atoms with Crippen LogP contribution in [0.5, 0.6) is 0 Å². The number of hydrogen-bond acceptors (Lipinski definition) is 4. The third kappa shape index (κ3) is 2.84.